The van der Waals surface area contributed by atoms with Gasteiger partial charge in [0.1, 0.15) is 5.75 Å². The van der Waals surface area contributed by atoms with E-state index in [4.69, 9.17) is 4.74 Å². The normalized spacial score (nSPS) is 11.6. The highest BCUT2D eigenvalue weighted by Crippen LogP contribution is 2.21. The number of amides is 2. The topological polar surface area (TPSA) is 67.4 Å². The first kappa shape index (κ1) is 17.5. The number of carbonyl (C=O) groups excluding carboxylic acids is 2. The van der Waals surface area contributed by atoms with Gasteiger partial charge in [0.05, 0.1) is 0 Å². The maximum Gasteiger partial charge on any atom is 0.279 e. The molecule has 0 spiro atoms. The molecule has 3 rings (SSSR count). The standard InChI is InChI=1S/C21H20N2O3/c1-14-6-5-9-18(12-14)21(25)23-22-20(24)15(2)26-19-11-10-16-7-3-4-8-17(16)13-19/h3-13,15H,1-2H3,(H,22,24)(H,23,25). The van der Waals surface area contributed by atoms with Gasteiger partial charge in [0.25, 0.3) is 11.8 Å². The van der Waals surface area contributed by atoms with Gasteiger partial charge in [0.15, 0.2) is 6.10 Å². The van der Waals surface area contributed by atoms with Crippen LogP contribution < -0.4 is 15.6 Å². The van der Waals surface area contributed by atoms with E-state index in [1.54, 1.807) is 25.1 Å². The van der Waals surface area contributed by atoms with Gasteiger partial charge in [-0.05, 0) is 48.9 Å². The molecule has 0 radical (unpaired) electrons. The van der Waals surface area contributed by atoms with E-state index in [1.165, 1.54) is 0 Å². The van der Waals surface area contributed by atoms with Crippen molar-refractivity contribution in [3.8, 4) is 5.75 Å². The molecular formula is C21H20N2O3. The highest BCUT2D eigenvalue weighted by Gasteiger charge is 2.16. The number of rotatable bonds is 4. The summed E-state index contributed by atoms with van der Waals surface area (Å²) < 4.78 is 5.68. The fraction of sp³-hybridized carbons (Fsp3) is 0.143. The van der Waals surface area contributed by atoms with Crippen LogP contribution in [0.2, 0.25) is 0 Å². The molecule has 1 unspecified atom stereocenters. The van der Waals surface area contributed by atoms with E-state index >= 15 is 0 Å². The number of nitrogens with one attached hydrogen (secondary N) is 2. The van der Waals surface area contributed by atoms with Crippen molar-refractivity contribution >= 4 is 22.6 Å². The largest absolute Gasteiger partial charge is 0.481 e. The molecule has 0 aromatic heterocycles. The Kier molecular flexibility index (Phi) is 5.17. The number of hydrogen-bond donors (Lipinski definition) is 2. The van der Waals surface area contributed by atoms with Crippen LogP contribution in [0.1, 0.15) is 22.8 Å². The van der Waals surface area contributed by atoms with E-state index in [1.807, 2.05) is 55.5 Å². The lowest BCUT2D eigenvalue weighted by Crippen LogP contribution is -2.47. The fourth-order valence-corrected chi connectivity index (χ4v) is 2.58. The second-order valence-corrected chi connectivity index (χ2v) is 6.08. The van der Waals surface area contributed by atoms with E-state index in [0.717, 1.165) is 16.3 Å². The average Bonchev–Trinajstić information content (AvgIpc) is 2.65. The molecule has 2 N–H and O–H groups in total. The first-order chi connectivity index (χ1) is 12.5. The first-order valence-corrected chi connectivity index (χ1v) is 8.35. The van der Waals surface area contributed by atoms with E-state index in [2.05, 4.69) is 10.9 Å². The molecule has 0 fully saturated rings. The summed E-state index contributed by atoms with van der Waals surface area (Å²) in [6.07, 6.45) is -0.756. The third-order valence-electron chi connectivity index (χ3n) is 3.98. The number of aryl methyl sites for hydroxylation is 1. The van der Waals surface area contributed by atoms with E-state index < -0.39 is 12.0 Å². The van der Waals surface area contributed by atoms with Crippen LogP contribution in [0.15, 0.2) is 66.7 Å². The minimum absolute atomic E-state index is 0.375. The summed E-state index contributed by atoms with van der Waals surface area (Å²) in [5.74, 6) is -0.213. The van der Waals surface area contributed by atoms with Crippen molar-refractivity contribution in [2.45, 2.75) is 20.0 Å². The van der Waals surface area contributed by atoms with Gasteiger partial charge in [0, 0.05) is 5.56 Å². The molecule has 0 aliphatic heterocycles. The lowest BCUT2D eigenvalue weighted by atomic mass is 10.1. The van der Waals surface area contributed by atoms with Gasteiger partial charge >= 0.3 is 0 Å². The van der Waals surface area contributed by atoms with Gasteiger partial charge in [-0.25, -0.2) is 0 Å². The number of carbonyl (C=O) groups is 2. The lowest BCUT2D eigenvalue weighted by Gasteiger charge is -2.15. The Morgan fingerprint density at radius 2 is 1.65 bits per heavy atom. The summed E-state index contributed by atoms with van der Waals surface area (Å²) in [7, 11) is 0. The van der Waals surface area contributed by atoms with Crippen LogP contribution in [-0.4, -0.2) is 17.9 Å². The monoisotopic (exact) mass is 348 g/mol. The van der Waals surface area contributed by atoms with Gasteiger partial charge in [-0.1, -0.05) is 48.0 Å². The maximum absolute atomic E-state index is 12.2. The number of benzene rings is 3. The zero-order chi connectivity index (χ0) is 18.5. The predicted molar refractivity (Wildman–Crippen MR) is 101 cm³/mol. The Hall–Kier alpha value is -3.34. The Balaban J connectivity index is 1.57. The van der Waals surface area contributed by atoms with E-state index in [9.17, 15) is 9.59 Å². The highest BCUT2D eigenvalue weighted by atomic mass is 16.5. The quantitative estimate of drug-likeness (QED) is 0.710. The van der Waals surface area contributed by atoms with Gasteiger partial charge in [-0.2, -0.15) is 0 Å². The molecule has 3 aromatic rings. The summed E-state index contributed by atoms with van der Waals surface area (Å²) in [4.78, 5) is 24.2. The Labute approximate surface area is 152 Å². The zero-order valence-corrected chi connectivity index (χ0v) is 14.7. The second kappa shape index (κ2) is 7.70. The molecule has 3 aromatic carbocycles. The molecule has 5 nitrogen and oxygen atoms in total. The highest BCUT2D eigenvalue weighted by molar-refractivity contribution is 5.95. The van der Waals surface area contributed by atoms with E-state index in [-0.39, 0.29) is 5.91 Å². The van der Waals surface area contributed by atoms with Gasteiger partial charge in [-0.15, -0.1) is 0 Å². The Morgan fingerprint density at radius 1 is 0.885 bits per heavy atom. The maximum atomic E-state index is 12.2. The summed E-state index contributed by atoms with van der Waals surface area (Å²) in [5, 5.41) is 2.13. The van der Waals surface area contributed by atoms with Gasteiger partial charge in [0.2, 0.25) is 0 Å². The SMILES string of the molecule is Cc1cccc(C(=O)NNC(=O)C(C)Oc2ccc3ccccc3c2)c1. The van der Waals surface area contributed by atoms with Crippen LogP contribution >= 0.6 is 0 Å². The summed E-state index contributed by atoms with van der Waals surface area (Å²) in [6.45, 7) is 3.53. The second-order valence-electron chi connectivity index (χ2n) is 6.08. The minimum atomic E-state index is -0.756. The predicted octanol–water partition coefficient (Wildman–Crippen LogP) is 3.38. The molecule has 132 valence electrons. The molecule has 0 saturated heterocycles. The summed E-state index contributed by atoms with van der Waals surface area (Å²) in [6, 6.07) is 20.7. The van der Waals surface area contributed by atoms with Crippen molar-refractivity contribution < 1.29 is 14.3 Å². The van der Waals surface area contributed by atoms with Crippen molar-refractivity contribution in [1.29, 1.82) is 0 Å². The van der Waals surface area contributed by atoms with Crippen LogP contribution in [0, 0.1) is 6.92 Å². The number of hydrogen-bond acceptors (Lipinski definition) is 3. The Bertz CT molecular complexity index is 953. The molecule has 0 saturated carbocycles. The number of fused-ring (bicyclic) bond motifs is 1. The van der Waals surface area contributed by atoms with Crippen molar-refractivity contribution in [1.82, 2.24) is 10.9 Å². The third-order valence-corrected chi connectivity index (χ3v) is 3.98. The molecule has 5 heteroatoms. The summed E-state index contributed by atoms with van der Waals surface area (Å²) in [5.41, 5.74) is 6.25. The van der Waals surface area contributed by atoms with E-state index in [0.29, 0.717) is 11.3 Å². The molecule has 1 atom stereocenters. The lowest BCUT2D eigenvalue weighted by molar-refractivity contribution is -0.128. The van der Waals surface area contributed by atoms with Crippen LogP contribution in [0.4, 0.5) is 0 Å². The van der Waals surface area contributed by atoms with Crippen LogP contribution in [-0.2, 0) is 4.79 Å². The summed E-state index contributed by atoms with van der Waals surface area (Å²) >= 11 is 0. The van der Waals surface area contributed by atoms with Crippen molar-refractivity contribution in [2.24, 2.45) is 0 Å². The van der Waals surface area contributed by atoms with Crippen LogP contribution in [0.5, 0.6) is 5.75 Å². The average molecular weight is 348 g/mol. The molecule has 2 amide bonds. The fourth-order valence-electron chi connectivity index (χ4n) is 2.58. The van der Waals surface area contributed by atoms with Crippen LogP contribution in [0.25, 0.3) is 10.8 Å². The molecule has 0 bridgehead atoms. The van der Waals surface area contributed by atoms with Crippen molar-refractivity contribution in [3.63, 3.8) is 0 Å². The third kappa shape index (κ3) is 4.19. The Morgan fingerprint density at radius 3 is 2.42 bits per heavy atom. The smallest absolute Gasteiger partial charge is 0.279 e. The first-order valence-electron chi connectivity index (χ1n) is 8.35. The zero-order valence-electron chi connectivity index (χ0n) is 14.7. The number of hydrazine groups is 1. The molecular weight excluding hydrogens is 328 g/mol. The molecule has 0 aliphatic carbocycles. The molecule has 0 heterocycles. The van der Waals surface area contributed by atoms with Gasteiger partial charge < -0.3 is 4.74 Å². The molecule has 0 aliphatic rings. The van der Waals surface area contributed by atoms with Gasteiger partial charge in [-0.3, -0.25) is 20.4 Å². The molecule has 26 heavy (non-hydrogen) atoms. The van der Waals surface area contributed by atoms with Crippen molar-refractivity contribution in [2.75, 3.05) is 0 Å². The minimum Gasteiger partial charge on any atom is -0.481 e. The van der Waals surface area contributed by atoms with Crippen LogP contribution in [0.3, 0.4) is 0 Å². The van der Waals surface area contributed by atoms with Crippen molar-refractivity contribution in [3.05, 3.63) is 77.9 Å². The number of ether oxygens (including phenoxy) is 1.